The van der Waals surface area contributed by atoms with Crippen LogP contribution in [0.4, 0.5) is 27.3 Å². The largest absolute Gasteiger partial charge is 0.370 e. The molecule has 3 heterocycles. The van der Waals surface area contributed by atoms with E-state index >= 15 is 0 Å². The predicted molar refractivity (Wildman–Crippen MR) is 124 cm³/mol. The van der Waals surface area contributed by atoms with Crippen molar-refractivity contribution in [3.05, 3.63) is 60.5 Å². The number of nitrogens with zero attached hydrogens (tertiary/aromatic N) is 6. The molecule has 2 aromatic heterocycles. The predicted octanol–water partition coefficient (Wildman–Crippen LogP) is 2.94. The first-order valence-corrected chi connectivity index (χ1v) is 12.0. The van der Waals surface area contributed by atoms with E-state index in [1.807, 2.05) is 6.07 Å². The summed E-state index contributed by atoms with van der Waals surface area (Å²) in [6.07, 6.45) is 4.07. The fourth-order valence-corrected chi connectivity index (χ4v) is 4.75. The van der Waals surface area contributed by atoms with Gasteiger partial charge in [-0.25, -0.2) is 12.8 Å². The number of H-pyrrole nitrogens is 1. The van der Waals surface area contributed by atoms with E-state index < -0.39 is 15.8 Å². The van der Waals surface area contributed by atoms with E-state index in [4.69, 9.17) is 0 Å². The number of benzene rings is 2. The molecular weight excluding hydrogens is 461 g/mol. The highest BCUT2D eigenvalue weighted by Gasteiger charge is 2.19. The van der Waals surface area contributed by atoms with Crippen LogP contribution in [0.2, 0.25) is 0 Å². The molecule has 0 unspecified atom stereocenters. The normalized spacial score (nSPS) is 13.7. The molecule has 2 aromatic carbocycles. The van der Waals surface area contributed by atoms with Gasteiger partial charge in [0.25, 0.3) is 10.0 Å². The van der Waals surface area contributed by atoms with E-state index in [-0.39, 0.29) is 16.3 Å². The highest BCUT2D eigenvalue weighted by atomic mass is 32.2. The summed E-state index contributed by atoms with van der Waals surface area (Å²) in [6.45, 7) is 2.01. The van der Waals surface area contributed by atoms with Crippen molar-refractivity contribution in [1.29, 1.82) is 0 Å². The molecule has 0 atom stereocenters. The van der Waals surface area contributed by atoms with Gasteiger partial charge in [-0.05, 0) is 60.5 Å². The maximum absolute atomic E-state index is 14.1. The standard InChI is InChI=1S/C21H20FN9O2S/c22-19-8-7-17(12-18(19)21-26-29-30-27-21)34(32,33)28-15-5-3-14(4-6-15)24-20-11-16(13-23-25-20)31-9-1-2-10-31/h3-8,11-13,28H,1-2,9-10H2,(H,24,25)(H,26,27,29,30). The van der Waals surface area contributed by atoms with Crippen molar-refractivity contribution in [1.82, 2.24) is 30.8 Å². The third kappa shape index (κ3) is 4.64. The number of rotatable bonds is 7. The van der Waals surface area contributed by atoms with Gasteiger partial charge in [0.1, 0.15) is 5.82 Å². The Morgan fingerprint density at radius 3 is 2.47 bits per heavy atom. The maximum Gasteiger partial charge on any atom is 0.261 e. The summed E-state index contributed by atoms with van der Waals surface area (Å²) in [5, 5.41) is 24.4. The average molecular weight is 482 g/mol. The van der Waals surface area contributed by atoms with Gasteiger partial charge in [-0.15, -0.1) is 15.3 Å². The summed E-state index contributed by atoms with van der Waals surface area (Å²) in [7, 11) is -3.98. The van der Waals surface area contributed by atoms with Gasteiger partial charge in [0.15, 0.2) is 5.82 Å². The van der Waals surface area contributed by atoms with Gasteiger partial charge in [-0.1, -0.05) is 0 Å². The molecule has 5 rings (SSSR count). The summed E-state index contributed by atoms with van der Waals surface area (Å²) in [6, 6.07) is 12.0. The molecule has 13 heteroatoms. The molecule has 11 nitrogen and oxygen atoms in total. The van der Waals surface area contributed by atoms with Gasteiger partial charge >= 0.3 is 0 Å². The molecule has 174 valence electrons. The number of sulfonamides is 1. The molecule has 1 saturated heterocycles. The molecule has 0 radical (unpaired) electrons. The number of tetrazole rings is 1. The molecule has 1 fully saturated rings. The van der Waals surface area contributed by atoms with Crippen molar-refractivity contribution in [2.24, 2.45) is 0 Å². The zero-order valence-electron chi connectivity index (χ0n) is 17.8. The number of nitrogens with one attached hydrogen (secondary N) is 3. The smallest absolute Gasteiger partial charge is 0.261 e. The third-order valence-corrected chi connectivity index (χ3v) is 6.73. The lowest BCUT2D eigenvalue weighted by Gasteiger charge is -2.17. The van der Waals surface area contributed by atoms with Crippen molar-refractivity contribution in [3.63, 3.8) is 0 Å². The number of halogens is 1. The molecule has 0 spiro atoms. The Morgan fingerprint density at radius 2 is 1.74 bits per heavy atom. The van der Waals surface area contributed by atoms with E-state index in [1.165, 1.54) is 18.9 Å². The summed E-state index contributed by atoms with van der Waals surface area (Å²) in [4.78, 5) is 2.13. The number of anilines is 4. The topological polar surface area (TPSA) is 142 Å². The molecule has 0 saturated carbocycles. The quantitative estimate of drug-likeness (QED) is 0.363. The van der Waals surface area contributed by atoms with E-state index in [0.717, 1.165) is 36.6 Å². The molecule has 1 aliphatic rings. The van der Waals surface area contributed by atoms with E-state index in [0.29, 0.717) is 11.5 Å². The van der Waals surface area contributed by atoms with Crippen molar-refractivity contribution in [3.8, 4) is 11.4 Å². The Kier molecular flexibility index (Phi) is 5.76. The minimum absolute atomic E-state index is 0.0399. The van der Waals surface area contributed by atoms with Gasteiger partial charge in [0.2, 0.25) is 5.82 Å². The van der Waals surface area contributed by atoms with Crippen LogP contribution in [0.25, 0.3) is 11.4 Å². The van der Waals surface area contributed by atoms with Crippen LogP contribution in [-0.4, -0.2) is 52.3 Å². The second-order valence-electron chi connectivity index (χ2n) is 7.68. The Balaban J connectivity index is 1.30. The molecule has 0 amide bonds. The van der Waals surface area contributed by atoms with Crippen molar-refractivity contribution in [2.45, 2.75) is 17.7 Å². The first-order valence-electron chi connectivity index (χ1n) is 10.5. The molecule has 3 N–H and O–H groups in total. The minimum atomic E-state index is -3.98. The summed E-state index contributed by atoms with van der Waals surface area (Å²) < 4.78 is 42.3. The van der Waals surface area contributed by atoms with Crippen LogP contribution in [0.15, 0.2) is 59.6 Å². The zero-order valence-corrected chi connectivity index (χ0v) is 18.6. The van der Waals surface area contributed by atoms with Crippen LogP contribution < -0.4 is 14.9 Å². The van der Waals surface area contributed by atoms with Crippen LogP contribution in [-0.2, 0) is 10.0 Å². The second kappa shape index (κ2) is 9.02. The lowest BCUT2D eigenvalue weighted by atomic mass is 10.2. The van der Waals surface area contributed by atoms with Gasteiger partial charge in [-0.3, -0.25) is 4.72 Å². The van der Waals surface area contributed by atoms with Crippen LogP contribution in [0, 0.1) is 5.82 Å². The van der Waals surface area contributed by atoms with Gasteiger partial charge in [0, 0.05) is 30.5 Å². The molecule has 4 aromatic rings. The maximum atomic E-state index is 14.1. The number of aromatic amines is 1. The highest BCUT2D eigenvalue weighted by molar-refractivity contribution is 7.92. The van der Waals surface area contributed by atoms with Crippen LogP contribution >= 0.6 is 0 Å². The van der Waals surface area contributed by atoms with Gasteiger partial charge < -0.3 is 10.2 Å². The molecule has 0 bridgehead atoms. The highest BCUT2D eigenvalue weighted by Crippen LogP contribution is 2.26. The van der Waals surface area contributed by atoms with E-state index in [1.54, 1.807) is 30.5 Å². The molecular formula is C21H20FN9O2S. The Morgan fingerprint density at radius 1 is 0.971 bits per heavy atom. The number of hydrogen-bond donors (Lipinski definition) is 3. The van der Waals surface area contributed by atoms with E-state index in [9.17, 15) is 12.8 Å². The van der Waals surface area contributed by atoms with Crippen LogP contribution in [0.5, 0.6) is 0 Å². The second-order valence-corrected chi connectivity index (χ2v) is 9.36. The van der Waals surface area contributed by atoms with E-state index in [2.05, 4.69) is 45.8 Å². The fraction of sp³-hybridized carbons (Fsp3) is 0.190. The first-order chi connectivity index (χ1) is 16.5. The van der Waals surface area contributed by atoms with Gasteiger partial charge in [-0.2, -0.15) is 10.3 Å². The molecule has 0 aliphatic carbocycles. The SMILES string of the molecule is O=S(=O)(Nc1ccc(Nc2cc(N3CCCC3)cnn2)cc1)c1ccc(F)c(-c2nn[nH]n2)c1. The first kappa shape index (κ1) is 21.7. The summed E-state index contributed by atoms with van der Waals surface area (Å²) in [5.41, 5.74) is 2.00. The van der Waals surface area contributed by atoms with Crippen molar-refractivity contribution < 1.29 is 12.8 Å². The fourth-order valence-electron chi connectivity index (χ4n) is 3.67. The van der Waals surface area contributed by atoms with Crippen molar-refractivity contribution in [2.75, 3.05) is 28.0 Å². The monoisotopic (exact) mass is 481 g/mol. The average Bonchev–Trinajstić information content (AvgIpc) is 3.55. The third-order valence-electron chi connectivity index (χ3n) is 5.36. The van der Waals surface area contributed by atoms with Gasteiger partial charge in [0.05, 0.1) is 22.3 Å². The summed E-state index contributed by atoms with van der Waals surface area (Å²) >= 11 is 0. The molecule has 1 aliphatic heterocycles. The lowest BCUT2D eigenvalue weighted by molar-refractivity contribution is 0.600. The number of aromatic nitrogens is 6. The molecule has 34 heavy (non-hydrogen) atoms. The Hall–Kier alpha value is -4.13. The van der Waals surface area contributed by atoms with Crippen LogP contribution in [0.1, 0.15) is 12.8 Å². The zero-order chi connectivity index (χ0) is 23.5. The Labute approximate surface area is 194 Å². The Bertz CT molecular complexity index is 1390. The summed E-state index contributed by atoms with van der Waals surface area (Å²) in [5.74, 6) is -0.104. The minimum Gasteiger partial charge on any atom is -0.370 e. The number of hydrogen-bond acceptors (Lipinski definition) is 9. The lowest BCUT2D eigenvalue weighted by Crippen LogP contribution is -2.18. The van der Waals surface area contributed by atoms with Crippen LogP contribution in [0.3, 0.4) is 0 Å². The van der Waals surface area contributed by atoms with Crippen molar-refractivity contribution >= 4 is 32.9 Å².